The number of carboxylic acids is 1. The van der Waals surface area contributed by atoms with Crippen molar-refractivity contribution in [2.45, 2.75) is 6.42 Å². The van der Waals surface area contributed by atoms with Crippen LogP contribution in [0.25, 0.3) is 10.9 Å². The van der Waals surface area contributed by atoms with Crippen LogP contribution in [0.2, 0.25) is 0 Å². The number of nitrogens with zero attached hydrogens (tertiary/aromatic N) is 2. The van der Waals surface area contributed by atoms with Crippen molar-refractivity contribution in [3.63, 3.8) is 0 Å². The minimum Gasteiger partial charge on any atom is -0.481 e. The van der Waals surface area contributed by atoms with Gasteiger partial charge in [0.1, 0.15) is 11.9 Å². The first-order valence-corrected chi connectivity index (χ1v) is 5.46. The number of aromatic nitrogens is 1. The third-order valence-electron chi connectivity index (χ3n) is 2.48. The average molecular weight is 241 g/mol. The fourth-order valence-corrected chi connectivity index (χ4v) is 1.62. The lowest BCUT2D eigenvalue weighted by molar-refractivity contribution is -0.136. The molecule has 2 rings (SSSR count). The predicted octanol–water partition coefficient (Wildman–Crippen LogP) is 1.99. The van der Waals surface area contributed by atoms with Gasteiger partial charge in [0.05, 0.1) is 17.5 Å². The third-order valence-corrected chi connectivity index (χ3v) is 2.48. The molecule has 0 fully saturated rings. The minimum atomic E-state index is -0.887. The van der Waals surface area contributed by atoms with Gasteiger partial charge in [0.25, 0.3) is 0 Å². The second kappa shape index (κ2) is 5.15. The molecule has 5 heteroatoms. The number of nitriles is 1. The largest absolute Gasteiger partial charge is 0.481 e. The van der Waals surface area contributed by atoms with Crippen molar-refractivity contribution >= 4 is 22.7 Å². The number of para-hydroxylation sites is 1. The number of anilines is 1. The monoisotopic (exact) mass is 241 g/mol. The molecule has 0 amide bonds. The lowest BCUT2D eigenvalue weighted by atomic mass is 10.1. The van der Waals surface area contributed by atoms with Crippen molar-refractivity contribution < 1.29 is 9.90 Å². The Morgan fingerprint density at radius 1 is 1.44 bits per heavy atom. The molecule has 0 unspecified atom stereocenters. The summed E-state index contributed by atoms with van der Waals surface area (Å²) >= 11 is 0. The molecule has 1 aromatic heterocycles. The van der Waals surface area contributed by atoms with E-state index >= 15 is 0 Å². The van der Waals surface area contributed by atoms with Crippen LogP contribution in [0.15, 0.2) is 30.3 Å². The maximum Gasteiger partial charge on any atom is 0.305 e. The highest BCUT2D eigenvalue weighted by molar-refractivity contribution is 5.82. The summed E-state index contributed by atoms with van der Waals surface area (Å²) in [4.78, 5) is 14.7. The Bertz CT molecular complexity index is 632. The molecular formula is C13H11N3O2. The Balaban J connectivity index is 2.31. The van der Waals surface area contributed by atoms with Crippen molar-refractivity contribution in [3.8, 4) is 6.07 Å². The molecule has 0 aliphatic heterocycles. The Labute approximate surface area is 104 Å². The molecule has 0 bridgehead atoms. The number of pyridine rings is 1. The molecule has 1 aromatic carbocycles. The van der Waals surface area contributed by atoms with Crippen LogP contribution in [0.5, 0.6) is 0 Å². The lowest BCUT2D eigenvalue weighted by Crippen LogP contribution is -2.09. The van der Waals surface area contributed by atoms with E-state index in [2.05, 4.69) is 16.4 Å². The van der Waals surface area contributed by atoms with Gasteiger partial charge in [-0.2, -0.15) is 5.26 Å². The van der Waals surface area contributed by atoms with Gasteiger partial charge >= 0.3 is 5.97 Å². The van der Waals surface area contributed by atoms with Gasteiger partial charge in [-0.15, -0.1) is 0 Å². The summed E-state index contributed by atoms with van der Waals surface area (Å²) in [6.45, 7) is 0.245. The van der Waals surface area contributed by atoms with Crippen molar-refractivity contribution in [3.05, 3.63) is 35.9 Å². The van der Waals surface area contributed by atoms with Crippen LogP contribution < -0.4 is 5.32 Å². The molecule has 1 heterocycles. The Morgan fingerprint density at radius 2 is 2.22 bits per heavy atom. The second-order valence-corrected chi connectivity index (χ2v) is 3.76. The van der Waals surface area contributed by atoms with Gasteiger partial charge in [-0.3, -0.25) is 4.79 Å². The molecule has 0 spiro atoms. The number of rotatable bonds is 4. The van der Waals surface area contributed by atoms with Crippen molar-refractivity contribution in [2.24, 2.45) is 0 Å². The highest BCUT2D eigenvalue weighted by Gasteiger charge is 2.06. The van der Waals surface area contributed by atoms with Crippen LogP contribution in [-0.4, -0.2) is 22.6 Å². The first kappa shape index (κ1) is 11.9. The second-order valence-electron chi connectivity index (χ2n) is 3.76. The number of nitrogens with one attached hydrogen (secondary N) is 1. The molecule has 18 heavy (non-hydrogen) atoms. The van der Waals surface area contributed by atoms with Crippen LogP contribution in [-0.2, 0) is 4.79 Å². The van der Waals surface area contributed by atoms with Gasteiger partial charge in [-0.1, -0.05) is 18.2 Å². The molecule has 0 aliphatic rings. The number of hydrogen-bond acceptors (Lipinski definition) is 4. The third kappa shape index (κ3) is 2.55. The van der Waals surface area contributed by atoms with E-state index in [0.29, 0.717) is 11.4 Å². The molecule has 0 saturated heterocycles. The van der Waals surface area contributed by atoms with E-state index in [1.54, 1.807) is 6.07 Å². The molecule has 0 aliphatic carbocycles. The highest BCUT2D eigenvalue weighted by atomic mass is 16.4. The minimum absolute atomic E-state index is 0.0145. The first-order valence-electron chi connectivity index (χ1n) is 5.46. The number of carboxylic acid groups (broad SMARTS) is 1. The Kier molecular flexibility index (Phi) is 3.39. The van der Waals surface area contributed by atoms with Crippen molar-refractivity contribution in [2.75, 3.05) is 11.9 Å². The van der Waals surface area contributed by atoms with Gasteiger partial charge in [0.15, 0.2) is 0 Å². The summed E-state index contributed by atoms with van der Waals surface area (Å²) < 4.78 is 0. The highest BCUT2D eigenvalue weighted by Crippen LogP contribution is 2.19. The summed E-state index contributed by atoms with van der Waals surface area (Å²) in [5, 5.41) is 21.4. The maximum atomic E-state index is 10.4. The molecule has 5 nitrogen and oxygen atoms in total. The fraction of sp³-hybridized carbons (Fsp3) is 0.154. The standard InChI is InChI=1S/C13H11N3O2/c14-8-10-7-9-3-1-2-4-11(9)16-13(10)15-6-5-12(17)18/h1-4,7H,5-6H2,(H,15,16)(H,17,18). The quantitative estimate of drug-likeness (QED) is 0.854. The zero-order valence-electron chi connectivity index (χ0n) is 9.55. The predicted molar refractivity (Wildman–Crippen MR) is 67.2 cm³/mol. The van der Waals surface area contributed by atoms with Crippen LogP contribution in [0.4, 0.5) is 5.82 Å². The molecular weight excluding hydrogens is 230 g/mol. The van der Waals surface area contributed by atoms with Crippen LogP contribution >= 0.6 is 0 Å². The smallest absolute Gasteiger partial charge is 0.305 e. The number of hydrogen-bond donors (Lipinski definition) is 2. The topological polar surface area (TPSA) is 86.0 Å². The van der Waals surface area contributed by atoms with E-state index in [9.17, 15) is 4.79 Å². The summed E-state index contributed by atoms with van der Waals surface area (Å²) in [5.41, 5.74) is 1.19. The van der Waals surface area contributed by atoms with Crippen molar-refractivity contribution in [1.82, 2.24) is 4.98 Å². The molecule has 2 N–H and O–H groups in total. The molecule has 0 radical (unpaired) electrons. The lowest BCUT2D eigenvalue weighted by Gasteiger charge is -2.07. The van der Waals surface area contributed by atoms with E-state index < -0.39 is 5.97 Å². The van der Waals surface area contributed by atoms with E-state index in [1.807, 2.05) is 24.3 Å². The normalized spacial score (nSPS) is 9.94. The summed E-state index contributed by atoms with van der Waals surface area (Å²) in [6, 6.07) is 11.3. The summed E-state index contributed by atoms with van der Waals surface area (Å²) in [7, 11) is 0. The molecule has 90 valence electrons. The summed E-state index contributed by atoms with van der Waals surface area (Å²) in [6.07, 6.45) is -0.0145. The van der Waals surface area contributed by atoms with Crippen LogP contribution in [0, 0.1) is 11.3 Å². The van der Waals surface area contributed by atoms with E-state index in [0.717, 1.165) is 10.9 Å². The number of carbonyl (C=O) groups is 1. The SMILES string of the molecule is N#Cc1cc2ccccc2nc1NCCC(=O)O. The fourth-order valence-electron chi connectivity index (χ4n) is 1.62. The Hall–Kier alpha value is -2.61. The van der Waals surface area contributed by atoms with Gasteiger partial charge in [0.2, 0.25) is 0 Å². The van der Waals surface area contributed by atoms with Crippen molar-refractivity contribution in [1.29, 1.82) is 5.26 Å². The van der Waals surface area contributed by atoms with Crippen LogP contribution in [0.3, 0.4) is 0 Å². The van der Waals surface area contributed by atoms with E-state index in [4.69, 9.17) is 10.4 Å². The zero-order chi connectivity index (χ0) is 13.0. The maximum absolute atomic E-state index is 10.4. The number of aliphatic carboxylic acids is 1. The van der Waals surface area contributed by atoms with E-state index in [1.165, 1.54) is 0 Å². The summed E-state index contributed by atoms with van der Waals surface area (Å²) in [5.74, 6) is -0.459. The van der Waals surface area contributed by atoms with Gasteiger partial charge in [-0.05, 0) is 12.1 Å². The van der Waals surface area contributed by atoms with Gasteiger partial charge in [0, 0.05) is 11.9 Å². The molecule has 0 atom stereocenters. The van der Waals surface area contributed by atoms with E-state index in [-0.39, 0.29) is 13.0 Å². The van der Waals surface area contributed by atoms with Gasteiger partial charge < -0.3 is 10.4 Å². The molecule has 0 saturated carbocycles. The Morgan fingerprint density at radius 3 is 2.94 bits per heavy atom. The van der Waals surface area contributed by atoms with Gasteiger partial charge in [-0.25, -0.2) is 4.98 Å². The average Bonchev–Trinajstić information content (AvgIpc) is 2.37. The number of benzene rings is 1. The number of fused-ring (bicyclic) bond motifs is 1. The zero-order valence-corrected chi connectivity index (χ0v) is 9.55. The first-order chi connectivity index (χ1) is 8.70. The molecule has 2 aromatic rings. The van der Waals surface area contributed by atoms with Crippen LogP contribution in [0.1, 0.15) is 12.0 Å².